The van der Waals surface area contributed by atoms with E-state index in [1.54, 1.807) is 6.92 Å². The summed E-state index contributed by atoms with van der Waals surface area (Å²) >= 11 is 0. The van der Waals surface area contributed by atoms with Crippen LogP contribution in [0.4, 0.5) is 0 Å². The lowest BCUT2D eigenvalue weighted by Gasteiger charge is -2.30. The van der Waals surface area contributed by atoms with E-state index in [4.69, 9.17) is 4.74 Å². The number of hydrogen-bond donors (Lipinski definition) is 3. The second kappa shape index (κ2) is 7.07. The maximum absolute atomic E-state index is 12.2. The molecule has 0 aliphatic carbocycles. The minimum absolute atomic E-state index is 0.0272. The molecule has 11 nitrogen and oxygen atoms in total. The van der Waals surface area contributed by atoms with Crippen LogP contribution in [0.5, 0.6) is 0 Å². The van der Waals surface area contributed by atoms with Gasteiger partial charge in [0, 0.05) is 11.8 Å². The Labute approximate surface area is 160 Å². The Balaban J connectivity index is 1.89. The van der Waals surface area contributed by atoms with Crippen molar-refractivity contribution < 1.29 is 19.1 Å². The average Bonchev–Trinajstić information content (AvgIpc) is 3.17. The fraction of sp³-hybridized carbons (Fsp3) is 0.625. The van der Waals surface area contributed by atoms with E-state index in [1.165, 1.54) is 21.6 Å². The molecule has 1 fully saturated rings. The maximum atomic E-state index is 12.2. The van der Waals surface area contributed by atoms with Crippen molar-refractivity contribution in [1.29, 1.82) is 0 Å². The molecule has 2 aromatic rings. The van der Waals surface area contributed by atoms with Gasteiger partial charge in [0.05, 0.1) is 18.8 Å². The van der Waals surface area contributed by atoms with Crippen molar-refractivity contribution in [2.45, 2.75) is 53.0 Å². The van der Waals surface area contributed by atoms with Gasteiger partial charge in [-0.3, -0.25) is 18.9 Å². The van der Waals surface area contributed by atoms with Gasteiger partial charge in [0.15, 0.2) is 5.44 Å². The number of hydrogen-bond acceptors (Lipinski definition) is 6. The molecular formula is C16H24N5O6P. The largest absolute Gasteiger partial charge is 0.377 e. The van der Waals surface area contributed by atoms with E-state index in [0.717, 1.165) is 0 Å². The second-order valence-electron chi connectivity index (χ2n) is 8.16. The van der Waals surface area contributed by atoms with Crippen molar-refractivity contribution >= 4 is 13.0 Å². The van der Waals surface area contributed by atoms with E-state index >= 15 is 0 Å². The summed E-state index contributed by atoms with van der Waals surface area (Å²) in [5, 5.41) is 7.31. The summed E-state index contributed by atoms with van der Waals surface area (Å²) in [6.45, 7) is 8.00. The van der Waals surface area contributed by atoms with Gasteiger partial charge < -0.3 is 14.5 Å². The topological polar surface area (TPSA) is 152 Å². The minimum Gasteiger partial charge on any atom is -0.352 e. The summed E-state index contributed by atoms with van der Waals surface area (Å²) in [4.78, 5) is 44.6. The summed E-state index contributed by atoms with van der Waals surface area (Å²) in [6, 6.07) is 0. The van der Waals surface area contributed by atoms with E-state index in [9.17, 15) is 23.9 Å². The first-order chi connectivity index (χ1) is 12.9. The highest BCUT2D eigenvalue weighted by Crippen LogP contribution is 2.43. The molecule has 154 valence electrons. The number of H-pyrrole nitrogens is 1. The van der Waals surface area contributed by atoms with Crippen molar-refractivity contribution in [3.05, 3.63) is 38.8 Å². The van der Waals surface area contributed by atoms with Gasteiger partial charge in [0.2, 0.25) is 0 Å². The van der Waals surface area contributed by atoms with Gasteiger partial charge in [0.25, 0.3) is 5.56 Å². The zero-order valence-corrected chi connectivity index (χ0v) is 17.0. The summed E-state index contributed by atoms with van der Waals surface area (Å²) in [6.07, 6.45) is 2.29. The molecule has 0 amide bonds. The third kappa shape index (κ3) is 4.17. The number of aryl methyl sites for hydroxylation is 1. The van der Waals surface area contributed by atoms with Gasteiger partial charge in [-0.25, -0.2) is 9.48 Å². The molecule has 3 rings (SSSR count). The first-order valence-electron chi connectivity index (χ1n) is 8.80. The molecule has 3 atom stereocenters. The highest BCUT2D eigenvalue weighted by molar-refractivity contribution is 7.59. The number of nitrogens with one attached hydrogen (secondary N) is 1. The number of aromatic nitrogens is 5. The Bertz CT molecular complexity index is 1030. The van der Waals surface area contributed by atoms with Gasteiger partial charge in [0.1, 0.15) is 6.23 Å². The van der Waals surface area contributed by atoms with Gasteiger partial charge in [-0.1, -0.05) is 26.0 Å². The van der Waals surface area contributed by atoms with Crippen LogP contribution < -0.4 is 16.7 Å². The number of nitrogens with zero attached hydrogens (tertiary/aromatic N) is 4. The van der Waals surface area contributed by atoms with E-state index < -0.39 is 30.5 Å². The Morgan fingerprint density at radius 3 is 2.57 bits per heavy atom. The van der Waals surface area contributed by atoms with E-state index in [2.05, 4.69) is 36.1 Å². The highest BCUT2D eigenvalue weighted by atomic mass is 31.2. The van der Waals surface area contributed by atoms with Crippen LogP contribution in [0, 0.1) is 18.3 Å². The SMILES string of the molecule is Cc1cn([C@H]2C[C@@H](C(C)(C)C)[C@@H](Cn3cc(P(=O)(O)O)nn3)O2)c(=O)[nH]c1=O. The Hall–Kier alpha value is -2.07. The third-order valence-electron chi connectivity index (χ3n) is 5.00. The summed E-state index contributed by atoms with van der Waals surface area (Å²) in [5.41, 5.74) is -1.13. The Morgan fingerprint density at radius 2 is 2.00 bits per heavy atom. The molecule has 2 aromatic heterocycles. The first-order valence-corrected chi connectivity index (χ1v) is 10.4. The second-order valence-corrected chi connectivity index (χ2v) is 9.71. The fourth-order valence-corrected chi connectivity index (χ4v) is 3.92. The van der Waals surface area contributed by atoms with Gasteiger partial charge in [-0.15, -0.1) is 5.10 Å². The molecular weight excluding hydrogens is 389 g/mol. The molecule has 0 bridgehead atoms. The Kier molecular flexibility index (Phi) is 5.22. The molecule has 1 aliphatic rings. The van der Waals surface area contributed by atoms with Crippen LogP contribution in [-0.2, 0) is 15.8 Å². The predicted octanol–water partition coefficient (Wildman–Crippen LogP) is -0.110. The third-order valence-corrected chi connectivity index (χ3v) is 5.80. The van der Waals surface area contributed by atoms with Crippen molar-refractivity contribution in [1.82, 2.24) is 24.5 Å². The van der Waals surface area contributed by atoms with Crippen LogP contribution in [0.1, 0.15) is 39.0 Å². The lowest BCUT2D eigenvalue weighted by Crippen LogP contribution is -2.33. The van der Waals surface area contributed by atoms with Crippen LogP contribution in [0.15, 0.2) is 22.0 Å². The lowest BCUT2D eigenvalue weighted by atomic mass is 9.76. The predicted molar refractivity (Wildman–Crippen MR) is 99.2 cm³/mol. The van der Waals surface area contributed by atoms with E-state index in [0.29, 0.717) is 12.0 Å². The molecule has 3 heterocycles. The molecule has 0 radical (unpaired) electrons. The first kappa shape index (κ1) is 20.7. The molecule has 0 saturated carbocycles. The summed E-state index contributed by atoms with van der Waals surface area (Å²) in [7, 11) is -4.48. The van der Waals surface area contributed by atoms with Crippen molar-refractivity contribution in [2.24, 2.45) is 11.3 Å². The van der Waals surface area contributed by atoms with Crippen LogP contribution >= 0.6 is 7.60 Å². The van der Waals surface area contributed by atoms with E-state index in [-0.39, 0.29) is 24.0 Å². The maximum Gasteiger partial charge on any atom is 0.377 e. The molecule has 1 saturated heterocycles. The molecule has 12 heteroatoms. The zero-order chi connectivity index (χ0) is 20.9. The quantitative estimate of drug-likeness (QED) is 0.587. The molecule has 3 N–H and O–H groups in total. The van der Waals surface area contributed by atoms with Crippen LogP contribution in [0.2, 0.25) is 0 Å². The molecule has 0 spiro atoms. The summed E-state index contributed by atoms with van der Waals surface area (Å²) in [5.74, 6) is 0.0272. The van der Waals surface area contributed by atoms with Crippen LogP contribution in [-0.4, -0.2) is 40.4 Å². The van der Waals surface area contributed by atoms with Crippen LogP contribution in [0.3, 0.4) is 0 Å². The molecule has 1 aliphatic heterocycles. The van der Waals surface area contributed by atoms with Crippen molar-refractivity contribution in [3.63, 3.8) is 0 Å². The smallest absolute Gasteiger partial charge is 0.352 e. The minimum atomic E-state index is -4.48. The Morgan fingerprint density at radius 1 is 1.32 bits per heavy atom. The van der Waals surface area contributed by atoms with Crippen molar-refractivity contribution in [2.75, 3.05) is 0 Å². The average molecular weight is 413 g/mol. The van der Waals surface area contributed by atoms with Gasteiger partial charge >= 0.3 is 13.3 Å². The lowest BCUT2D eigenvalue weighted by molar-refractivity contribution is -0.0260. The zero-order valence-electron chi connectivity index (χ0n) is 16.1. The van der Waals surface area contributed by atoms with Gasteiger partial charge in [-0.05, 0) is 24.7 Å². The number of rotatable bonds is 4. The van der Waals surface area contributed by atoms with Crippen molar-refractivity contribution in [3.8, 4) is 0 Å². The standard InChI is InChI=1S/C16H24N5O6P/c1-9-6-21(15(23)17-14(9)22)13-5-10(16(2,3)4)11(27-13)7-20-8-12(18-19-20)28(24,25)26/h6,8,10-11,13H,5,7H2,1-4H3,(H,17,22,23)(H2,24,25,26)/t10-,11-,13-/m1/s1. The van der Waals surface area contributed by atoms with E-state index in [1.807, 2.05) is 0 Å². The molecule has 0 unspecified atom stereocenters. The normalized spacial score (nSPS) is 23.3. The number of ether oxygens (including phenoxy) is 1. The highest BCUT2D eigenvalue weighted by Gasteiger charge is 2.43. The van der Waals surface area contributed by atoms with Gasteiger partial charge in [-0.2, -0.15) is 0 Å². The fourth-order valence-electron chi connectivity index (χ4n) is 3.48. The monoisotopic (exact) mass is 413 g/mol. The molecule has 28 heavy (non-hydrogen) atoms. The van der Waals surface area contributed by atoms with Crippen LogP contribution in [0.25, 0.3) is 0 Å². The molecule has 0 aromatic carbocycles. The summed E-state index contributed by atoms with van der Waals surface area (Å²) < 4.78 is 20.1. The number of aromatic amines is 1.